The molecule has 0 saturated heterocycles. The van der Waals surface area contributed by atoms with E-state index in [4.69, 9.17) is 10.5 Å². The van der Waals surface area contributed by atoms with Crippen molar-refractivity contribution in [3.8, 4) is 5.75 Å². The molecule has 3 heteroatoms. The van der Waals surface area contributed by atoms with E-state index in [1.807, 2.05) is 6.07 Å². The van der Waals surface area contributed by atoms with Gasteiger partial charge in [0.25, 0.3) is 0 Å². The Hall–Kier alpha value is -0.540. The number of benzene rings is 1. The smallest absolute Gasteiger partial charge is 0.133 e. The highest BCUT2D eigenvalue weighted by molar-refractivity contribution is 9.10. The van der Waals surface area contributed by atoms with Gasteiger partial charge < -0.3 is 10.5 Å². The second kappa shape index (κ2) is 6.27. The SMILES string of the molecule is CCC1(C(N)Cc2ccc(OC)c(Br)c2)CCCC1. The molecule has 0 aromatic heterocycles. The van der Waals surface area contributed by atoms with Gasteiger partial charge in [-0.05, 0) is 64.7 Å². The van der Waals surface area contributed by atoms with Crippen LogP contribution in [0.15, 0.2) is 22.7 Å². The molecule has 1 atom stereocenters. The first-order chi connectivity index (χ1) is 9.11. The lowest BCUT2D eigenvalue weighted by Crippen LogP contribution is -2.41. The molecule has 19 heavy (non-hydrogen) atoms. The summed E-state index contributed by atoms with van der Waals surface area (Å²) in [7, 11) is 1.69. The van der Waals surface area contributed by atoms with Crippen LogP contribution in [0.4, 0.5) is 0 Å². The van der Waals surface area contributed by atoms with Gasteiger partial charge in [-0.25, -0.2) is 0 Å². The highest BCUT2D eigenvalue weighted by Crippen LogP contribution is 2.44. The molecule has 2 N–H and O–H groups in total. The maximum atomic E-state index is 6.53. The molecular formula is C16H24BrNO. The third-order valence-corrected chi connectivity index (χ3v) is 5.38. The minimum Gasteiger partial charge on any atom is -0.496 e. The van der Waals surface area contributed by atoms with Crippen molar-refractivity contribution >= 4 is 15.9 Å². The van der Waals surface area contributed by atoms with E-state index in [0.717, 1.165) is 16.6 Å². The third kappa shape index (κ3) is 3.14. The van der Waals surface area contributed by atoms with Crippen LogP contribution in [0.2, 0.25) is 0 Å². The van der Waals surface area contributed by atoms with Crippen LogP contribution in [-0.4, -0.2) is 13.2 Å². The van der Waals surface area contributed by atoms with Gasteiger partial charge in [-0.15, -0.1) is 0 Å². The minimum absolute atomic E-state index is 0.264. The monoisotopic (exact) mass is 325 g/mol. The van der Waals surface area contributed by atoms with E-state index in [0.29, 0.717) is 5.41 Å². The third-order valence-electron chi connectivity index (χ3n) is 4.76. The molecule has 0 heterocycles. The van der Waals surface area contributed by atoms with Crippen molar-refractivity contribution in [2.24, 2.45) is 11.1 Å². The van der Waals surface area contributed by atoms with Gasteiger partial charge in [0, 0.05) is 6.04 Å². The van der Waals surface area contributed by atoms with Crippen molar-refractivity contribution in [2.75, 3.05) is 7.11 Å². The zero-order valence-corrected chi connectivity index (χ0v) is 13.5. The van der Waals surface area contributed by atoms with Gasteiger partial charge in [0.05, 0.1) is 11.6 Å². The fourth-order valence-electron chi connectivity index (χ4n) is 3.37. The Bertz CT molecular complexity index is 427. The van der Waals surface area contributed by atoms with E-state index in [1.54, 1.807) is 7.11 Å². The molecule has 1 fully saturated rings. The Morgan fingerprint density at radius 2 is 2.05 bits per heavy atom. The van der Waals surface area contributed by atoms with Crippen molar-refractivity contribution in [2.45, 2.75) is 51.5 Å². The summed E-state index contributed by atoms with van der Waals surface area (Å²) in [5, 5.41) is 0. The Labute approximate surface area is 124 Å². The average molecular weight is 326 g/mol. The number of methoxy groups -OCH3 is 1. The molecule has 2 rings (SSSR count). The fraction of sp³-hybridized carbons (Fsp3) is 0.625. The second-order valence-corrected chi connectivity index (χ2v) is 6.56. The predicted molar refractivity (Wildman–Crippen MR) is 83.6 cm³/mol. The van der Waals surface area contributed by atoms with Crippen LogP contribution in [0.3, 0.4) is 0 Å². The summed E-state index contributed by atoms with van der Waals surface area (Å²) in [5.41, 5.74) is 8.19. The number of halogens is 1. The number of rotatable bonds is 5. The Kier molecular flexibility index (Phi) is 4.91. The summed E-state index contributed by atoms with van der Waals surface area (Å²) >= 11 is 3.55. The van der Waals surface area contributed by atoms with Gasteiger partial charge in [-0.2, -0.15) is 0 Å². The van der Waals surface area contributed by atoms with Crippen LogP contribution in [0.25, 0.3) is 0 Å². The van der Waals surface area contributed by atoms with E-state index in [1.165, 1.54) is 37.7 Å². The number of hydrogen-bond acceptors (Lipinski definition) is 2. The van der Waals surface area contributed by atoms with E-state index in [9.17, 15) is 0 Å². The summed E-state index contributed by atoms with van der Waals surface area (Å²) in [6.45, 7) is 2.29. The van der Waals surface area contributed by atoms with Crippen LogP contribution >= 0.6 is 15.9 Å². The van der Waals surface area contributed by atoms with Crippen molar-refractivity contribution in [1.82, 2.24) is 0 Å². The van der Waals surface area contributed by atoms with Crippen molar-refractivity contribution < 1.29 is 4.74 Å². The number of ether oxygens (including phenoxy) is 1. The maximum Gasteiger partial charge on any atom is 0.133 e. The predicted octanol–water partition coefficient (Wildman–Crippen LogP) is 4.30. The summed E-state index contributed by atoms with van der Waals surface area (Å²) in [6, 6.07) is 6.54. The van der Waals surface area contributed by atoms with E-state index < -0.39 is 0 Å². The van der Waals surface area contributed by atoms with Gasteiger partial charge >= 0.3 is 0 Å². The van der Waals surface area contributed by atoms with E-state index in [2.05, 4.69) is 35.0 Å². The van der Waals surface area contributed by atoms with Crippen molar-refractivity contribution in [3.63, 3.8) is 0 Å². The van der Waals surface area contributed by atoms with Gasteiger partial charge in [0.2, 0.25) is 0 Å². The standard InChI is InChI=1S/C16H24BrNO/c1-3-16(8-4-5-9-16)15(18)11-12-6-7-14(19-2)13(17)10-12/h6-7,10,15H,3-5,8-9,11,18H2,1-2H3. The molecule has 1 saturated carbocycles. The molecule has 1 aliphatic rings. The van der Waals surface area contributed by atoms with Crippen LogP contribution < -0.4 is 10.5 Å². The lowest BCUT2D eigenvalue weighted by molar-refractivity contribution is 0.219. The van der Waals surface area contributed by atoms with Gasteiger partial charge in [-0.3, -0.25) is 0 Å². The van der Waals surface area contributed by atoms with Gasteiger partial charge in [0.1, 0.15) is 5.75 Å². The molecule has 1 aromatic rings. The first-order valence-corrected chi connectivity index (χ1v) is 7.98. The topological polar surface area (TPSA) is 35.2 Å². The van der Waals surface area contributed by atoms with Gasteiger partial charge in [-0.1, -0.05) is 25.8 Å². The quantitative estimate of drug-likeness (QED) is 0.876. The molecule has 1 aromatic carbocycles. The molecule has 2 nitrogen and oxygen atoms in total. The molecule has 0 radical (unpaired) electrons. The normalized spacial score (nSPS) is 19.4. The van der Waals surface area contributed by atoms with E-state index >= 15 is 0 Å². The Morgan fingerprint density at radius 3 is 2.58 bits per heavy atom. The summed E-state index contributed by atoms with van der Waals surface area (Å²) in [5.74, 6) is 0.878. The molecule has 1 unspecified atom stereocenters. The summed E-state index contributed by atoms with van der Waals surface area (Å²) in [4.78, 5) is 0. The maximum absolute atomic E-state index is 6.53. The molecule has 106 valence electrons. The lowest BCUT2D eigenvalue weighted by atomic mass is 9.74. The first kappa shape index (κ1) is 14.9. The minimum atomic E-state index is 0.264. The Morgan fingerprint density at radius 1 is 1.37 bits per heavy atom. The molecular weight excluding hydrogens is 302 g/mol. The fourth-order valence-corrected chi connectivity index (χ4v) is 3.96. The molecule has 1 aliphatic carbocycles. The van der Waals surface area contributed by atoms with Crippen LogP contribution in [0, 0.1) is 5.41 Å². The highest BCUT2D eigenvalue weighted by Gasteiger charge is 2.37. The van der Waals surface area contributed by atoms with Crippen molar-refractivity contribution in [1.29, 1.82) is 0 Å². The molecule has 0 spiro atoms. The van der Waals surface area contributed by atoms with Crippen LogP contribution in [-0.2, 0) is 6.42 Å². The van der Waals surface area contributed by atoms with Gasteiger partial charge in [0.15, 0.2) is 0 Å². The molecule has 0 amide bonds. The largest absolute Gasteiger partial charge is 0.496 e. The zero-order chi connectivity index (χ0) is 13.9. The summed E-state index contributed by atoms with van der Waals surface area (Å²) in [6.07, 6.45) is 7.42. The lowest BCUT2D eigenvalue weighted by Gasteiger charge is -2.34. The number of nitrogens with two attached hydrogens (primary N) is 1. The van der Waals surface area contributed by atoms with Crippen LogP contribution in [0.5, 0.6) is 5.75 Å². The second-order valence-electron chi connectivity index (χ2n) is 5.70. The number of hydrogen-bond donors (Lipinski definition) is 1. The molecule has 0 bridgehead atoms. The first-order valence-electron chi connectivity index (χ1n) is 7.19. The molecule has 0 aliphatic heterocycles. The Balaban J connectivity index is 2.10. The van der Waals surface area contributed by atoms with E-state index in [-0.39, 0.29) is 6.04 Å². The van der Waals surface area contributed by atoms with Crippen LogP contribution in [0.1, 0.15) is 44.6 Å². The van der Waals surface area contributed by atoms with Crippen molar-refractivity contribution in [3.05, 3.63) is 28.2 Å². The zero-order valence-electron chi connectivity index (χ0n) is 11.9. The average Bonchev–Trinajstić information content (AvgIpc) is 2.89. The highest BCUT2D eigenvalue weighted by atomic mass is 79.9. The summed E-state index contributed by atoms with van der Waals surface area (Å²) < 4.78 is 6.28.